The van der Waals surface area contributed by atoms with Gasteiger partial charge in [0.2, 0.25) is 0 Å². The van der Waals surface area contributed by atoms with Crippen molar-refractivity contribution < 1.29 is 0 Å². The van der Waals surface area contributed by atoms with Crippen LogP contribution in [0.2, 0.25) is 0 Å². The molecule has 0 spiro atoms. The lowest BCUT2D eigenvalue weighted by molar-refractivity contribution is 0.295. The molecule has 1 aliphatic rings. The van der Waals surface area contributed by atoms with Crippen LogP contribution in [0, 0.1) is 11.8 Å². The van der Waals surface area contributed by atoms with E-state index >= 15 is 0 Å². The van der Waals surface area contributed by atoms with Crippen molar-refractivity contribution in [2.75, 3.05) is 0 Å². The summed E-state index contributed by atoms with van der Waals surface area (Å²) in [6.45, 7) is 7.09. The maximum atomic E-state index is 3.55. The van der Waals surface area contributed by atoms with Gasteiger partial charge in [-0.15, -0.1) is 0 Å². The van der Waals surface area contributed by atoms with Gasteiger partial charge in [-0.3, -0.25) is 0 Å². The maximum absolute atomic E-state index is 3.55. The zero-order chi connectivity index (χ0) is 11.0. The Kier molecular flexibility index (Phi) is 3.20. The highest BCUT2D eigenvalue weighted by molar-refractivity contribution is 9.10. The van der Waals surface area contributed by atoms with E-state index in [0.717, 1.165) is 17.8 Å². The lowest BCUT2D eigenvalue weighted by Crippen LogP contribution is -2.22. The van der Waals surface area contributed by atoms with Crippen molar-refractivity contribution in [3.63, 3.8) is 0 Å². The normalized spacial score (nSPS) is 25.4. The third kappa shape index (κ3) is 2.13. The maximum Gasteiger partial charge on any atom is 0.0178 e. The minimum Gasteiger partial charge on any atom is -0.0625 e. The SMILES string of the molecule is CC(C)C1CCc2cc(Br)ccc2C1C. The molecule has 2 unspecified atom stereocenters. The molecule has 0 saturated heterocycles. The molecule has 2 atom stereocenters. The van der Waals surface area contributed by atoms with Crippen LogP contribution in [0.25, 0.3) is 0 Å². The summed E-state index contributed by atoms with van der Waals surface area (Å²) in [6, 6.07) is 6.78. The van der Waals surface area contributed by atoms with Crippen LogP contribution >= 0.6 is 15.9 Å². The van der Waals surface area contributed by atoms with E-state index in [0.29, 0.717) is 0 Å². The van der Waals surface area contributed by atoms with Crippen LogP contribution in [0.15, 0.2) is 22.7 Å². The molecule has 15 heavy (non-hydrogen) atoms. The van der Waals surface area contributed by atoms with Crippen molar-refractivity contribution in [2.24, 2.45) is 11.8 Å². The molecule has 0 N–H and O–H groups in total. The lowest BCUT2D eigenvalue weighted by atomic mass is 9.71. The quantitative estimate of drug-likeness (QED) is 0.687. The molecule has 0 heterocycles. The second-order valence-electron chi connectivity index (χ2n) is 5.08. The third-order valence-electron chi connectivity index (χ3n) is 3.84. The first-order chi connectivity index (χ1) is 7.09. The summed E-state index contributed by atoms with van der Waals surface area (Å²) in [6.07, 6.45) is 2.60. The summed E-state index contributed by atoms with van der Waals surface area (Å²) in [7, 11) is 0. The largest absolute Gasteiger partial charge is 0.0625 e. The smallest absolute Gasteiger partial charge is 0.0178 e. The molecule has 0 bridgehead atoms. The van der Waals surface area contributed by atoms with Crippen molar-refractivity contribution in [3.05, 3.63) is 33.8 Å². The first-order valence-corrected chi connectivity index (χ1v) is 6.67. The van der Waals surface area contributed by atoms with Gasteiger partial charge in [0.25, 0.3) is 0 Å². The number of hydrogen-bond donors (Lipinski definition) is 0. The lowest BCUT2D eigenvalue weighted by Gasteiger charge is -2.34. The Bertz CT molecular complexity index is 354. The molecule has 0 fully saturated rings. The average molecular weight is 267 g/mol. The standard InChI is InChI=1S/C14H19Br/c1-9(2)13-6-4-11-8-12(15)5-7-14(11)10(13)3/h5,7-10,13H,4,6H2,1-3H3. The first-order valence-electron chi connectivity index (χ1n) is 5.88. The molecule has 1 aliphatic carbocycles. The van der Waals surface area contributed by atoms with Gasteiger partial charge in [-0.2, -0.15) is 0 Å². The van der Waals surface area contributed by atoms with E-state index in [9.17, 15) is 0 Å². The van der Waals surface area contributed by atoms with E-state index in [1.54, 1.807) is 11.1 Å². The number of rotatable bonds is 1. The molecule has 82 valence electrons. The van der Waals surface area contributed by atoms with E-state index in [1.807, 2.05) is 0 Å². The van der Waals surface area contributed by atoms with Gasteiger partial charge in [0.1, 0.15) is 0 Å². The van der Waals surface area contributed by atoms with Crippen molar-refractivity contribution in [2.45, 2.75) is 39.5 Å². The summed E-state index contributed by atoms with van der Waals surface area (Å²) >= 11 is 3.55. The van der Waals surface area contributed by atoms with E-state index in [4.69, 9.17) is 0 Å². The molecule has 1 aromatic rings. The van der Waals surface area contributed by atoms with Gasteiger partial charge in [0.05, 0.1) is 0 Å². The van der Waals surface area contributed by atoms with Crippen LogP contribution in [0.3, 0.4) is 0 Å². The van der Waals surface area contributed by atoms with Crippen LogP contribution < -0.4 is 0 Å². The summed E-state index contributed by atoms with van der Waals surface area (Å²) in [5.41, 5.74) is 3.12. The van der Waals surface area contributed by atoms with Gasteiger partial charge in [0, 0.05) is 4.47 Å². The minimum atomic E-state index is 0.724. The summed E-state index contributed by atoms with van der Waals surface area (Å²) in [4.78, 5) is 0. The number of benzene rings is 1. The zero-order valence-electron chi connectivity index (χ0n) is 9.76. The zero-order valence-corrected chi connectivity index (χ0v) is 11.3. The first kappa shape index (κ1) is 11.2. The van der Waals surface area contributed by atoms with Crippen LogP contribution in [-0.4, -0.2) is 0 Å². The molecule has 0 amide bonds. The minimum absolute atomic E-state index is 0.724. The number of aryl methyl sites for hydroxylation is 1. The second kappa shape index (κ2) is 4.29. The van der Waals surface area contributed by atoms with E-state index in [-0.39, 0.29) is 0 Å². The Morgan fingerprint density at radius 1 is 1.33 bits per heavy atom. The Balaban J connectivity index is 2.34. The predicted molar refractivity (Wildman–Crippen MR) is 69.2 cm³/mol. The molecule has 0 aromatic heterocycles. The number of halogens is 1. The van der Waals surface area contributed by atoms with Crippen LogP contribution in [0.1, 0.15) is 44.2 Å². The highest BCUT2D eigenvalue weighted by Crippen LogP contribution is 2.40. The topological polar surface area (TPSA) is 0 Å². The van der Waals surface area contributed by atoms with Crippen molar-refractivity contribution in [1.82, 2.24) is 0 Å². The van der Waals surface area contributed by atoms with Crippen molar-refractivity contribution >= 4 is 15.9 Å². The van der Waals surface area contributed by atoms with Crippen molar-refractivity contribution in [1.29, 1.82) is 0 Å². The molecule has 2 rings (SSSR count). The van der Waals surface area contributed by atoms with Gasteiger partial charge in [-0.25, -0.2) is 0 Å². The second-order valence-corrected chi connectivity index (χ2v) is 5.99. The molecule has 0 radical (unpaired) electrons. The third-order valence-corrected chi connectivity index (χ3v) is 4.33. The fraction of sp³-hybridized carbons (Fsp3) is 0.571. The highest BCUT2D eigenvalue weighted by atomic mass is 79.9. The van der Waals surface area contributed by atoms with Gasteiger partial charge in [-0.1, -0.05) is 42.8 Å². The molecular weight excluding hydrogens is 248 g/mol. The molecule has 0 nitrogen and oxygen atoms in total. The van der Waals surface area contributed by atoms with Gasteiger partial charge < -0.3 is 0 Å². The van der Waals surface area contributed by atoms with E-state index in [2.05, 4.69) is 54.9 Å². The van der Waals surface area contributed by atoms with Gasteiger partial charge in [0.15, 0.2) is 0 Å². The van der Waals surface area contributed by atoms with Gasteiger partial charge in [-0.05, 0) is 53.9 Å². The summed E-state index contributed by atoms with van der Waals surface area (Å²) in [5, 5.41) is 0. The Morgan fingerprint density at radius 2 is 2.07 bits per heavy atom. The Labute approximate surface area is 101 Å². The fourth-order valence-electron chi connectivity index (χ4n) is 2.95. The van der Waals surface area contributed by atoms with Crippen LogP contribution in [0.4, 0.5) is 0 Å². The Hall–Kier alpha value is -0.300. The Morgan fingerprint density at radius 3 is 2.73 bits per heavy atom. The molecule has 0 saturated carbocycles. The van der Waals surface area contributed by atoms with Crippen molar-refractivity contribution in [3.8, 4) is 0 Å². The monoisotopic (exact) mass is 266 g/mol. The van der Waals surface area contributed by atoms with E-state index < -0.39 is 0 Å². The molecular formula is C14H19Br. The van der Waals surface area contributed by atoms with Gasteiger partial charge >= 0.3 is 0 Å². The summed E-state index contributed by atoms with van der Waals surface area (Å²) < 4.78 is 1.22. The molecule has 0 aliphatic heterocycles. The van der Waals surface area contributed by atoms with E-state index in [1.165, 1.54) is 17.3 Å². The predicted octanol–water partition coefficient (Wildman–Crippen LogP) is 4.77. The molecule has 1 aromatic carbocycles. The number of fused-ring (bicyclic) bond motifs is 1. The number of hydrogen-bond acceptors (Lipinski definition) is 0. The fourth-order valence-corrected chi connectivity index (χ4v) is 3.36. The van der Waals surface area contributed by atoms with Crippen LogP contribution in [-0.2, 0) is 6.42 Å². The average Bonchev–Trinajstić information content (AvgIpc) is 2.17. The van der Waals surface area contributed by atoms with Crippen LogP contribution in [0.5, 0.6) is 0 Å². The molecule has 1 heteroatoms. The highest BCUT2D eigenvalue weighted by Gasteiger charge is 2.27. The summed E-state index contributed by atoms with van der Waals surface area (Å²) in [5.74, 6) is 2.39.